The van der Waals surface area contributed by atoms with E-state index >= 15 is 0 Å². The molecule has 1 aromatic rings. The largest absolute Gasteiger partial charge is 0.391 e. The molecule has 4 nitrogen and oxygen atoms in total. The van der Waals surface area contributed by atoms with E-state index in [4.69, 9.17) is 0 Å². The number of hydrogen-bond acceptors (Lipinski definition) is 3. The summed E-state index contributed by atoms with van der Waals surface area (Å²) in [5, 5.41) is 17.2. The molecule has 1 aliphatic rings. The minimum atomic E-state index is -0.311. The molecule has 2 atom stereocenters. The fraction of sp³-hybridized carbons (Fsp3) is 0.667. The molecule has 2 N–H and O–H groups in total. The smallest absolute Gasteiger partial charge is 0.0774 e. The van der Waals surface area contributed by atoms with Crippen molar-refractivity contribution in [2.75, 3.05) is 6.54 Å². The molecule has 72 valence electrons. The molecule has 0 aliphatic carbocycles. The summed E-state index contributed by atoms with van der Waals surface area (Å²) in [6.07, 6.45) is 4.26. The first-order valence-electron chi connectivity index (χ1n) is 4.55. The Balaban J connectivity index is 2.33. The van der Waals surface area contributed by atoms with E-state index in [0.717, 1.165) is 18.5 Å². The lowest BCUT2D eigenvalue weighted by atomic mass is 9.91. The molecular formula is C9H15N3O. The lowest BCUT2D eigenvalue weighted by Crippen LogP contribution is -2.41. The van der Waals surface area contributed by atoms with Crippen molar-refractivity contribution in [3.05, 3.63) is 18.0 Å². The highest BCUT2D eigenvalue weighted by Gasteiger charge is 2.39. The van der Waals surface area contributed by atoms with Gasteiger partial charge in [0, 0.05) is 18.8 Å². The Morgan fingerprint density at radius 3 is 3.00 bits per heavy atom. The Labute approximate surface area is 77.6 Å². The van der Waals surface area contributed by atoms with Gasteiger partial charge in [-0.1, -0.05) is 0 Å². The van der Waals surface area contributed by atoms with Crippen molar-refractivity contribution < 1.29 is 5.11 Å². The Morgan fingerprint density at radius 1 is 1.77 bits per heavy atom. The molecule has 1 fully saturated rings. The number of aryl methyl sites for hydroxylation is 1. The first-order chi connectivity index (χ1) is 6.13. The number of nitrogens with zero attached hydrogens (tertiary/aromatic N) is 2. The molecule has 0 radical (unpaired) electrons. The average Bonchev–Trinajstić information content (AvgIpc) is 2.62. The molecular weight excluding hydrogens is 166 g/mol. The van der Waals surface area contributed by atoms with Crippen molar-refractivity contribution in [1.82, 2.24) is 15.1 Å². The van der Waals surface area contributed by atoms with E-state index in [1.165, 1.54) is 0 Å². The van der Waals surface area contributed by atoms with Crippen LogP contribution in [0.4, 0.5) is 0 Å². The molecule has 0 bridgehead atoms. The zero-order valence-electron chi connectivity index (χ0n) is 7.99. The fourth-order valence-corrected chi connectivity index (χ4v) is 1.86. The summed E-state index contributed by atoms with van der Waals surface area (Å²) in [5.74, 6) is 0. The summed E-state index contributed by atoms with van der Waals surface area (Å²) >= 11 is 0. The second-order valence-electron chi connectivity index (χ2n) is 3.84. The van der Waals surface area contributed by atoms with E-state index in [1.807, 2.05) is 26.4 Å². The van der Waals surface area contributed by atoms with Crippen LogP contribution in [0.25, 0.3) is 0 Å². The lowest BCUT2D eigenvalue weighted by Gasteiger charge is -2.26. The minimum absolute atomic E-state index is 0.309. The maximum Gasteiger partial charge on any atom is 0.0774 e. The maximum absolute atomic E-state index is 9.81. The van der Waals surface area contributed by atoms with E-state index < -0.39 is 0 Å². The molecule has 2 heterocycles. The van der Waals surface area contributed by atoms with E-state index in [0.29, 0.717) is 0 Å². The average molecular weight is 181 g/mol. The molecule has 0 spiro atoms. The second-order valence-corrected chi connectivity index (χ2v) is 3.84. The van der Waals surface area contributed by atoms with Crippen LogP contribution in [0, 0.1) is 0 Å². The van der Waals surface area contributed by atoms with Crippen molar-refractivity contribution in [1.29, 1.82) is 0 Å². The van der Waals surface area contributed by atoms with Gasteiger partial charge in [0.15, 0.2) is 0 Å². The fourth-order valence-electron chi connectivity index (χ4n) is 1.86. The Morgan fingerprint density at radius 2 is 2.54 bits per heavy atom. The molecule has 0 amide bonds. The van der Waals surface area contributed by atoms with E-state index in [-0.39, 0.29) is 11.6 Å². The van der Waals surface area contributed by atoms with E-state index in [2.05, 4.69) is 10.4 Å². The SMILES string of the molecule is Cn1cc(C2(C)NCCC2O)cn1. The summed E-state index contributed by atoms with van der Waals surface area (Å²) in [5.41, 5.74) is 0.744. The minimum Gasteiger partial charge on any atom is -0.391 e. The second kappa shape index (κ2) is 2.82. The topological polar surface area (TPSA) is 50.1 Å². The zero-order chi connectivity index (χ0) is 9.47. The van der Waals surface area contributed by atoms with Crippen molar-refractivity contribution >= 4 is 0 Å². The van der Waals surface area contributed by atoms with Crippen LogP contribution < -0.4 is 5.32 Å². The van der Waals surface area contributed by atoms with E-state index in [1.54, 1.807) is 4.68 Å². The molecule has 0 saturated carbocycles. The van der Waals surface area contributed by atoms with Crippen LogP contribution in [0.5, 0.6) is 0 Å². The van der Waals surface area contributed by atoms with Crippen molar-refractivity contribution in [2.24, 2.45) is 7.05 Å². The van der Waals surface area contributed by atoms with Gasteiger partial charge in [0.05, 0.1) is 17.8 Å². The molecule has 2 rings (SSSR count). The van der Waals surface area contributed by atoms with Crippen LogP contribution >= 0.6 is 0 Å². The van der Waals surface area contributed by atoms with Crippen LogP contribution in [0.3, 0.4) is 0 Å². The summed E-state index contributed by atoms with van der Waals surface area (Å²) in [6.45, 7) is 2.88. The van der Waals surface area contributed by atoms with Gasteiger partial charge in [0.2, 0.25) is 0 Å². The first-order valence-corrected chi connectivity index (χ1v) is 4.55. The Kier molecular flexibility index (Phi) is 1.89. The zero-order valence-corrected chi connectivity index (χ0v) is 7.99. The van der Waals surface area contributed by atoms with Crippen molar-refractivity contribution in [3.63, 3.8) is 0 Å². The van der Waals surface area contributed by atoms with Crippen LogP contribution in [-0.2, 0) is 12.6 Å². The standard InChI is InChI=1S/C9H15N3O/c1-9(8(13)3-4-10-9)7-5-11-12(2)6-7/h5-6,8,10,13H,3-4H2,1-2H3. The van der Waals surface area contributed by atoms with Gasteiger partial charge in [-0.3, -0.25) is 4.68 Å². The summed E-state index contributed by atoms with van der Waals surface area (Å²) in [6, 6.07) is 0. The number of aromatic nitrogens is 2. The highest BCUT2D eigenvalue weighted by atomic mass is 16.3. The van der Waals surface area contributed by atoms with Crippen LogP contribution in [0.15, 0.2) is 12.4 Å². The van der Waals surface area contributed by atoms with Crippen molar-refractivity contribution in [3.8, 4) is 0 Å². The molecule has 1 aromatic heterocycles. The van der Waals surface area contributed by atoms with Crippen LogP contribution in [0.1, 0.15) is 18.9 Å². The van der Waals surface area contributed by atoms with Gasteiger partial charge in [-0.25, -0.2) is 0 Å². The number of nitrogens with one attached hydrogen (secondary N) is 1. The molecule has 13 heavy (non-hydrogen) atoms. The van der Waals surface area contributed by atoms with Gasteiger partial charge in [-0.2, -0.15) is 5.10 Å². The highest BCUT2D eigenvalue weighted by molar-refractivity contribution is 5.21. The summed E-state index contributed by atoms with van der Waals surface area (Å²) in [7, 11) is 1.88. The summed E-state index contributed by atoms with van der Waals surface area (Å²) < 4.78 is 1.76. The number of aliphatic hydroxyl groups is 1. The highest BCUT2D eigenvalue weighted by Crippen LogP contribution is 2.29. The summed E-state index contributed by atoms with van der Waals surface area (Å²) in [4.78, 5) is 0. The van der Waals surface area contributed by atoms with Crippen LogP contribution in [0.2, 0.25) is 0 Å². The van der Waals surface area contributed by atoms with Gasteiger partial charge >= 0.3 is 0 Å². The monoisotopic (exact) mass is 181 g/mol. The maximum atomic E-state index is 9.81. The van der Waals surface area contributed by atoms with E-state index in [9.17, 15) is 5.11 Å². The molecule has 1 aliphatic heterocycles. The van der Waals surface area contributed by atoms with Crippen LogP contribution in [-0.4, -0.2) is 27.5 Å². The third kappa shape index (κ3) is 1.26. The number of aliphatic hydroxyl groups excluding tert-OH is 1. The lowest BCUT2D eigenvalue weighted by molar-refractivity contribution is 0.107. The third-order valence-corrected chi connectivity index (χ3v) is 2.88. The predicted octanol–water partition coefficient (Wildman–Crippen LogP) is -0.0105. The van der Waals surface area contributed by atoms with Crippen molar-refractivity contribution in [2.45, 2.75) is 25.0 Å². The molecule has 2 unspecified atom stereocenters. The van der Waals surface area contributed by atoms with Gasteiger partial charge < -0.3 is 10.4 Å². The Bertz CT molecular complexity index is 310. The molecule has 1 saturated heterocycles. The van der Waals surface area contributed by atoms with Gasteiger partial charge in [-0.05, 0) is 19.9 Å². The van der Waals surface area contributed by atoms with Gasteiger partial charge in [0.1, 0.15) is 0 Å². The molecule has 0 aromatic carbocycles. The van der Waals surface area contributed by atoms with Gasteiger partial charge in [-0.15, -0.1) is 0 Å². The predicted molar refractivity (Wildman–Crippen MR) is 49.2 cm³/mol. The van der Waals surface area contributed by atoms with Gasteiger partial charge in [0.25, 0.3) is 0 Å². The normalized spacial score (nSPS) is 33.9. The Hall–Kier alpha value is -0.870. The number of hydrogen-bond donors (Lipinski definition) is 2. The number of rotatable bonds is 1. The first kappa shape index (κ1) is 8.72. The quantitative estimate of drug-likeness (QED) is 0.640. The third-order valence-electron chi connectivity index (χ3n) is 2.88. The molecule has 4 heteroatoms.